The van der Waals surface area contributed by atoms with E-state index in [1.54, 1.807) is 13.8 Å². The van der Waals surface area contributed by atoms with Crippen LogP contribution in [0.15, 0.2) is 0 Å². The molecule has 0 rings (SSSR count). The van der Waals surface area contributed by atoms with Gasteiger partial charge in [-0.2, -0.15) is 0 Å². The summed E-state index contributed by atoms with van der Waals surface area (Å²) in [7, 11) is -4.61. The Balaban J connectivity index is -0.0000000995. The molecule has 2 unspecified atom stereocenters. The van der Waals surface area contributed by atoms with Crippen LogP contribution < -0.4 is 0 Å². The summed E-state index contributed by atoms with van der Waals surface area (Å²) < 4.78 is 0. The van der Waals surface area contributed by atoms with Crippen molar-refractivity contribution in [3.05, 3.63) is 0 Å². The third kappa shape index (κ3) is 70.7. The molecule has 0 amide bonds. The normalized spacial score (nSPS) is 12.4. The Kier molecular flexibility index (Phi) is 29.7. The number of hydrogen-bond donors (Lipinski definition) is 6. The fourth-order valence-corrected chi connectivity index (χ4v) is 2.60. The second kappa shape index (κ2) is 21.5. The molecule has 0 aromatic heterocycles. The lowest BCUT2D eigenvalue weighted by Crippen LogP contribution is -2.33. The molecule has 0 fully saturated rings. The largest absolute Gasteiger partial charge is 0.668 e. The highest BCUT2D eigenvalue weighted by molar-refractivity contribution is 6.58. The van der Waals surface area contributed by atoms with Crippen molar-refractivity contribution in [1.82, 2.24) is 0 Å². The van der Waals surface area contributed by atoms with Crippen LogP contribution in [0.3, 0.4) is 0 Å². The van der Waals surface area contributed by atoms with E-state index in [-0.39, 0.29) is 26.4 Å². The molecule has 0 aromatic carbocycles. The number of aliphatic hydroxyl groups excluding tert-OH is 2. The zero-order valence-electron chi connectivity index (χ0n) is 15.5. The Bertz CT molecular complexity index is 165. The van der Waals surface area contributed by atoms with Crippen molar-refractivity contribution in [2.75, 3.05) is 0 Å². The van der Waals surface area contributed by atoms with E-state index in [0.29, 0.717) is 0 Å². The minimum absolute atomic E-state index is 0.116. The second-order valence-electron chi connectivity index (χ2n) is 5.21. The third-order valence-corrected chi connectivity index (χ3v) is 6.38. The van der Waals surface area contributed by atoms with Crippen LogP contribution in [0.2, 0.25) is 15.8 Å². The minimum Gasteiger partial charge on any atom is -0.393 e. The van der Waals surface area contributed by atoms with Crippen LogP contribution in [-0.2, 0) is 0 Å². The molecule has 0 aliphatic rings. The van der Waals surface area contributed by atoms with Crippen molar-refractivity contribution in [1.29, 1.82) is 0 Å². The molecule has 6 nitrogen and oxygen atoms in total. The van der Waals surface area contributed by atoms with E-state index in [0.717, 1.165) is 12.8 Å². The van der Waals surface area contributed by atoms with Gasteiger partial charge in [0.15, 0.2) is 0 Å². The maximum absolute atomic E-state index is 8.36. The van der Waals surface area contributed by atoms with Gasteiger partial charge in [0.2, 0.25) is 0 Å². The fourth-order valence-electron chi connectivity index (χ4n) is 0.866. The molecule has 0 bridgehead atoms. The summed E-state index contributed by atoms with van der Waals surface area (Å²) >= 11 is -0.171. The van der Waals surface area contributed by atoms with Gasteiger partial charge in [0.05, 0.1) is 12.2 Å². The van der Waals surface area contributed by atoms with Crippen molar-refractivity contribution in [3.8, 4) is 0 Å². The van der Waals surface area contributed by atoms with Crippen LogP contribution in [0.5, 0.6) is 0 Å². The first kappa shape index (κ1) is 30.4. The van der Waals surface area contributed by atoms with Crippen LogP contribution >= 0.6 is 0 Å². The highest BCUT2D eigenvalue weighted by Crippen LogP contribution is 2.01. The molecule has 6 N–H and O–H groups in total. The predicted molar refractivity (Wildman–Crippen MR) is 95.8 cm³/mol. The first-order valence-corrected chi connectivity index (χ1v) is 12.4. The molecule has 0 spiro atoms. The zero-order valence-corrected chi connectivity index (χ0v) is 17.6. The first-order chi connectivity index (χ1) is 9.89. The molecule has 0 saturated heterocycles. The Morgan fingerprint density at radius 2 is 0.818 bits per heavy atom. The Morgan fingerprint density at radius 3 is 0.818 bits per heavy atom. The van der Waals surface area contributed by atoms with Gasteiger partial charge in [-0.25, -0.2) is 0 Å². The molecule has 8 heteroatoms. The van der Waals surface area contributed by atoms with Gasteiger partial charge in [-0.05, 0) is 26.7 Å². The van der Waals surface area contributed by atoms with E-state index >= 15 is 0 Å². The molecule has 138 valence electrons. The average molecular weight is 359 g/mol. The smallest absolute Gasteiger partial charge is 0.393 e. The van der Waals surface area contributed by atoms with Crippen LogP contribution in [0.1, 0.15) is 61.3 Å². The van der Waals surface area contributed by atoms with E-state index in [1.165, 1.54) is 15.8 Å². The van der Waals surface area contributed by atoms with Crippen molar-refractivity contribution >= 4 is 23.2 Å². The SMILES string of the molecule is CCC(C)O.CCC(C)O.C[CH2][Al]([CH2]C)[CH2]C.O[Si](O)(O)O. The average Bonchev–Trinajstić information content (AvgIpc) is 2.40. The highest BCUT2D eigenvalue weighted by atomic mass is 28.4. The predicted octanol–water partition coefficient (Wildman–Crippen LogP) is 1.49. The number of rotatable bonds is 5. The lowest BCUT2D eigenvalue weighted by atomic mass is 10.3. The van der Waals surface area contributed by atoms with Gasteiger partial charge in [-0.3, -0.25) is 0 Å². The molecule has 0 saturated carbocycles. The fraction of sp³-hybridized carbons (Fsp3) is 1.00. The van der Waals surface area contributed by atoms with Gasteiger partial charge in [-0.1, -0.05) is 50.5 Å². The summed E-state index contributed by atoms with van der Waals surface area (Å²) in [5, 5.41) is 21.2. The Morgan fingerprint density at radius 1 is 0.682 bits per heavy atom. The summed E-state index contributed by atoms with van der Waals surface area (Å²) in [6, 6.07) is 0. The molecule has 0 aliphatic carbocycles. The zero-order chi connectivity index (χ0) is 18.8. The molecule has 2 atom stereocenters. The summed E-state index contributed by atoms with van der Waals surface area (Å²) in [5.74, 6) is 0. The summed E-state index contributed by atoms with van der Waals surface area (Å²) in [6.45, 7) is 14.4. The van der Waals surface area contributed by atoms with E-state index in [9.17, 15) is 0 Å². The maximum atomic E-state index is 8.36. The summed E-state index contributed by atoms with van der Waals surface area (Å²) in [5.41, 5.74) is 0. The van der Waals surface area contributed by atoms with Gasteiger partial charge in [-0.15, -0.1) is 0 Å². The monoisotopic (exact) mass is 358 g/mol. The topological polar surface area (TPSA) is 121 Å². The Labute approximate surface area is 142 Å². The van der Waals surface area contributed by atoms with E-state index < -0.39 is 9.05 Å². The van der Waals surface area contributed by atoms with Gasteiger partial charge < -0.3 is 29.4 Å². The summed E-state index contributed by atoms with van der Waals surface area (Å²) in [6.07, 6.45) is 1.49. The first-order valence-electron chi connectivity index (χ1n) is 8.14. The molecule has 0 aromatic rings. The van der Waals surface area contributed by atoms with Crippen LogP contribution in [-0.4, -0.2) is 64.8 Å². The molecule has 0 aliphatic heterocycles. The van der Waals surface area contributed by atoms with Gasteiger partial charge >= 0.3 is 9.05 Å². The van der Waals surface area contributed by atoms with Crippen LogP contribution in [0, 0.1) is 0 Å². The number of hydrogen-bond acceptors (Lipinski definition) is 6. The van der Waals surface area contributed by atoms with Crippen LogP contribution in [0.4, 0.5) is 0 Å². The van der Waals surface area contributed by atoms with Gasteiger partial charge in [0.1, 0.15) is 0 Å². The lowest BCUT2D eigenvalue weighted by Gasteiger charge is -1.97. The van der Waals surface area contributed by atoms with E-state index in [2.05, 4.69) is 20.8 Å². The molecular weight excluding hydrogens is 319 g/mol. The second-order valence-corrected chi connectivity index (χ2v) is 10.6. The van der Waals surface area contributed by atoms with Crippen molar-refractivity contribution < 1.29 is 29.4 Å². The third-order valence-electron chi connectivity index (χ3n) is 2.91. The van der Waals surface area contributed by atoms with Crippen molar-refractivity contribution in [3.63, 3.8) is 0 Å². The van der Waals surface area contributed by atoms with Crippen molar-refractivity contribution in [2.24, 2.45) is 0 Å². The quantitative estimate of drug-likeness (QED) is 0.414. The molecule has 0 radical (unpaired) electrons. The van der Waals surface area contributed by atoms with Gasteiger partial charge in [0, 0.05) is 0 Å². The lowest BCUT2D eigenvalue weighted by molar-refractivity contribution is 0.117. The van der Waals surface area contributed by atoms with Gasteiger partial charge in [0.25, 0.3) is 14.1 Å². The maximum Gasteiger partial charge on any atom is 0.668 e. The molecule has 0 heterocycles. The van der Waals surface area contributed by atoms with Crippen LogP contribution in [0.25, 0.3) is 0 Å². The standard InChI is InChI=1S/2C4H10O.3C2H5.Al.H4O4Si/c2*1-3-4(2)5;3*1-2;;1-5(2,3)4/h2*4-5H,3H2,1-2H3;3*1H2,2H3;;1-4H. The minimum atomic E-state index is -4.61. The van der Waals surface area contributed by atoms with Crippen molar-refractivity contribution in [2.45, 2.75) is 89.4 Å². The molecular formula is C14H39AlO6Si. The molecule has 22 heavy (non-hydrogen) atoms. The Hall–Kier alpha value is 0.509. The highest BCUT2D eigenvalue weighted by Gasteiger charge is 2.22. The number of aliphatic hydroxyl groups is 2. The van der Waals surface area contributed by atoms with E-state index in [1.807, 2.05) is 13.8 Å². The summed E-state index contributed by atoms with van der Waals surface area (Å²) in [4.78, 5) is 29.3. The van der Waals surface area contributed by atoms with E-state index in [4.69, 9.17) is 29.4 Å².